The molecule has 0 radical (unpaired) electrons. The van der Waals surface area contributed by atoms with Gasteiger partial charge in [-0.15, -0.1) is 11.3 Å². The fourth-order valence-electron chi connectivity index (χ4n) is 1.07. The lowest BCUT2D eigenvalue weighted by Crippen LogP contribution is -1.92. The van der Waals surface area contributed by atoms with Gasteiger partial charge in [0, 0.05) is 17.6 Å². The van der Waals surface area contributed by atoms with Crippen molar-refractivity contribution in [1.29, 1.82) is 0 Å². The largest absolute Gasteiger partial charge is 0.477 e. The second-order valence-corrected chi connectivity index (χ2v) is 4.34. The maximum atomic E-state index is 13.3. The molecule has 2 aromatic heterocycles. The molecule has 2 heterocycles. The van der Waals surface area contributed by atoms with Crippen molar-refractivity contribution in [3.63, 3.8) is 0 Å². The van der Waals surface area contributed by atoms with E-state index in [4.69, 9.17) is 21.4 Å². The molecule has 2 aromatic rings. The molecule has 0 saturated heterocycles. The molecule has 0 aliphatic carbocycles. The highest BCUT2D eigenvalue weighted by molar-refractivity contribution is 7.12. The number of hydrogen-bond donors (Lipinski definition) is 1. The van der Waals surface area contributed by atoms with Crippen molar-refractivity contribution in [3.05, 3.63) is 39.4 Å². The van der Waals surface area contributed by atoms with Gasteiger partial charge in [-0.1, -0.05) is 11.6 Å². The topological polar surface area (TPSA) is 59.4 Å². The molecule has 0 spiro atoms. The minimum Gasteiger partial charge on any atom is -0.477 e. The summed E-state index contributed by atoms with van der Waals surface area (Å²) in [6.45, 7) is 0. The highest BCUT2D eigenvalue weighted by Gasteiger charge is 2.11. The number of thiophene rings is 1. The number of carbonyl (C=O) groups is 1. The van der Waals surface area contributed by atoms with Crippen molar-refractivity contribution >= 4 is 28.9 Å². The predicted molar refractivity (Wildman–Crippen MR) is 60.6 cm³/mol. The van der Waals surface area contributed by atoms with Gasteiger partial charge in [0.05, 0.1) is 5.02 Å². The predicted octanol–water partition coefficient (Wildman–Crippen LogP) is 3.43. The number of pyridine rings is 1. The molecule has 17 heavy (non-hydrogen) atoms. The molecular formula is C10H5ClFNO3S. The molecule has 4 nitrogen and oxygen atoms in total. The van der Waals surface area contributed by atoms with E-state index in [9.17, 15) is 9.18 Å². The summed E-state index contributed by atoms with van der Waals surface area (Å²) in [6.07, 6.45) is 1.24. The molecule has 0 amide bonds. The van der Waals surface area contributed by atoms with Crippen LogP contribution in [-0.2, 0) is 0 Å². The lowest BCUT2D eigenvalue weighted by molar-refractivity contribution is 0.0702. The van der Waals surface area contributed by atoms with Gasteiger partial charge in [0.2, 0.25) is 0 Å². The Morgan fingerprint density at radius 1 is 1.53 bits per heavy atom. The zero-order valence-corrected chi connectivity index (χ0v) is 9.76. The molecule has 0 unspecified atom stereocenters. The number of rotatable bonds is 3. The van der Waals surface area contributed by atoms with Crippen LogP contribution in [0.3, 0.4) is 0 Å². The van der Waals surface area contributed by atoms with Crippen molar-refractivity contribution in [2.24, 2.45) is 0 Å². The van der Waals surface area contributed by atoms with Gasteiger partial charge in [0.15, 0.2) is 5.82 Å². The minimum absolute atomic E-state index is 0.106. The van der Waals surface area contributed by atoms with E-state index in [1.165, 1.54) is 17.6 Å². The lowest BCUT2D eigenvalue weighted by Gasteiger charge is -2.02. The van der Waals surface area contributed by atoms with Crippen LogP contribution in [0.5, 0.6) is 11.6 Å². The van der Waals surface area contributed by atoms with E-state index in [1.54, 1.807) is 0 Å². The molecule has 0 saturated carbocycles. The highest BCUT2D eigenvalue weighted by Crippen LogP contribution is 2.28. The van der Waals surface area contributed by atoms with Crippen LogP contribution in [0.2, 0.25) is 5.02 Å². The molecule has 0 aromatic carbocycles. The monoisotopic (exact) mass is 273 g/mol. The molecular weight excluding hydrogens is 269 g/mol. The van der Waals surface area contributed by atoms with Crippen molar-refractivity contribution in [2.45, 2.75) is 0 Å². The summed E-state index contributed by atoms with van der Waals surface area (Å²) < 4.78 is 18.4. The molecule has 0 aliphatic heterocycles. The van der Waals surface area contributed by atoms with Gasteiger partial charge in [-0.2, -0.15) is 0 Å². The van der Waals surface area contributed by atoms with Crippen LogP contribution < -0.4 is 4.74 Å². The zero-order chi connectivity index (χ0) is 12.4. The Labute approximate surface area is 104 Å². The summed E-state index contributed by atoms with van der Waals surface area (Å²) in [5.41, 5.74) is 0. The Hall–Kier alpha value is -1.66. The molecule has 0 fully saturated rings. The fourth-order valence-corrected chi connectivity index (χ4v) is 1.86. The second kappa shape index (κ2) is 4.68. The summed E-state index contributed by atoms with van der Waals surface area (Å²) in [5.74, 6) is -1.79. The third-order valence-corrected chi connectivity index (χ3v) is 2.88. The summed E-state index contributed by atoms with van der Waals surface area (Å²) in [6, 6.07) is 2.36. The lowest BCUT2D eigenvalue weighted by atomic mass is 10.4. The number of ether oxygens (including phenoxy) is 1. The Balaban J connectivity index is 2.22. The third kappa shape index (κ3) is 2.72. The van der Waals surface area contributed by atoms with Crippen LogP contribution in [0.25, 0.3) is 0 Å². The maximum absolute atomic E-state index is 13.3. The standard InChI is InChI=1S/C10H5ClFNO3S/c11-5-1-7(12)9(13-3-5)16-6-2-8(10(14)15)17-4-6/h1-4H,(H,14,15). The van der Waals surface area contributed by atoms with E-state index >= 15 is 0 Å². The van der Waals surface area contributed by atoms with Crippen LogP contribution >= 0.6 is 22.9 Å². The quantitative estimate of drug-likeness (QED) is 0.931. The van der Waals surface area contributed by atoms with Crippen LogP contribution in [0.1, 0.15) is 9.67 Å². The van der Waals surface area contributed by atoms with Crippen LogP contribution in [0, 0.1) is 5.82 Å². The second-order valence-electron chi connectivity index (χ2n) is 2.99. The van der Waals surface area contributed by atoms with Crippen LogP contribution in [-0.4, -0.2) is 16.1 Å². The summed E-state index contributed by atoms with van der Waals surface area (Å²) >= 11 is 6.52. The molecule has 0 bridgehead atoms. The minimum atomic E-state index is -1.06. The summed E-state index contributed by atoms with van der Waals surface area (Å²) in [5, 5.41) is 10.3. The number of hydrogen-bond acceptors (Lipinski definition) is 4. The first-order chi connectivity index (χ1) is 8.06. The van der Waals surface area contributed by atoms with Gasteiger partial charge >= 0.3 is 5.97 Å². The average Bonchev–Trinajstić information content (AvgIpc) is 2.71. The van der Waals surface area contributed by atoms with E-state index in [-0.39, 0.29) is 21.5 Å². The number of carboxylic acids is 1. The molecule has 0 aliphatic rings. The van der Waals surface area contributed by atoms with Gasteiger partial charge in [-0.25, -0.2) is 14.2 Å². The first kappa shape index (κ1) is 11.8. The van der Waals surface area contributed by atoms with E-state index in [0.29, 0.717) is 0 Å². The first-order valence-corrected chi connectivity index (χ1v) is 5.63. The van der Waals surface area contributed by atoms with Gasteiger partial charge in [0.1, 0.15) is 10.6 Å². The van der Waals surface area contributed by atoms with Gasteiger partial charge in [0.25, 0.3) is 5.88 Å². The normalized spacial score (nSPS) is 10.2. The molecule has 1 N–H and O–H groups in total. The van der Waals surface area contributed by atoms with Crippen molar-refractivity contribution in [2.75, 3.05) is 0 Å². The van der Waals surface area contributed by atoms with Crippen LogP contribution in [0.15, 0.2) is 23.7 Å². The highest BCUT2D eigenvalue weighted by atomic mass is 35.5. The molecule has 88 valence electrons. The van der Waals surface area contributed by atoms with Gasteiger partial charge < -0.3 is 9.84 Å². The van der Waals surface area contributed by atoms with E-state index in [0.717, 1.165) is 17.4 Å². The maximum Gasteiger partial charge on any atom is 0.346 e. The van der Waals surface area contributed by atoms with E-state index in [1.807, 2.05) is 0 Å². The van der Waals surface area contributed by atoms with Crippen molar-refractivity contribution in [1.82, 2.24) is 4.98 Å². The third-order valence-electron chi connectivity index (χ3n) is 1.77. The Kier molecular flexibility index (Phi) is 3.26. The average molecular weight is 274 g/mol. The smallest absolute Gasteiger partial charge is 0.346 e. The zero-order valence-electron chi connectivity index (χ0n) is 8.18. The molecule has 0 atom stereocenters. The fraction of sp³-hybridized carbons (Fsp3) is 0. The SMILES string of the molecule is O=C(O)c1cc(Oc2ncc(Cl)cc2F)cs1. The van der Waals surface area contributed by atoms with Crippen molar-refractivity contribution < 1.29 is 19.0 Å². The molecule has 2 rings (SSSR count). The van der Waals surface area contributed by atoms with E-state index in [2.05, 4.69) is 4.98 Å². The Morgan fingerprint density at radius 2 is 2.29 bits per heavy atom. The summed E-state index contributed by atoms with van der Waals surface area (Å²) in [7, 11) is 0. The number of nitrogens with zero attached hydrogens (tertiary/aromatic N) is 1. The van der Waals surface area contributed by atoms with Gasteiger partial charge in [-0.3, -0.25) is 0 Å². The first-order valence-electron chi connectivity index (χ1n) is 4.37. The Morgan fingerprint density at radius 3 is 2.88 bits per heavy atom. The number of aromatic carboxylic acids is 1. The summed E-state index contributed by atoms with van der Waals surface area (Å²) in [4.78, 5) is 14.4. The number of carboxylic acid groups (broad SMARTS) is 1. The van der Waals surface area contributed by atoms with Crippen LogP contribution in [0.4, 0.5) is 4.39 Å². The molecule has 7 heteroatoms. The number of aromatic nitrogens is 1. The van der Waals surface area contributed by atoms with Crippen molar-refractivity contribution in [3.8, 4) is 11.6 Å². The number of halogens is 2. The Bertz CT molecular complexity index is 572. The van der Waals surface area contributed by atoms with Gasteiger partial charge in [-0.05, 0) is 6.07 Å². The van der Waals surface area contributed by atoms with E-state index < -0.39 is 11.8 Å².